The highest BCUT2D eigenvalue weighted by atomic mass is 35.5. The van der Waals surface area contributed by atoms with Crippen LogP contribution in [0.3, 0.4) is 0 Å². The summed E-state index contributed by atoms with van der Waals surface area (Å²) < 4.78 is 28.2. The van der Waals surface area contributed by atoms with E-state index in [9.17, 15) is 13.2 Å². The summed E-state index contributed by atoms with van der Waals surface area (Å²) in [4.78, 5) is 21.4. The van der Waals surface area contributed by atoms with Gasteiger partial charge in [0, 0.05) is 34.6 Å². The van der Waals surface area contributed by atoms with E-state index in [2.05, 4.69) is 31.4 Å². The van der Waals surface area contributed by atoms with Gasteiger partial charge in [0.25, 0.3) is 0 Å². The molecule has 0 spiro atoms. The molecule has 8 nitrogen and oxygen atoms in total. The van der Waals surface area contributed by atoms with E-state index in [-0.39, 0.29) is 17.2 Å². The van der Waals surface area contributed by atoms with Crippen LogP contribution in [0.25, 0.3) is 11.3 Å². The summed E-state index contributed by atoms with van der Waals surface area (Å²) >= 11 is 6.11. The second kappa shape index (κ2) is 10.5. The molecule has 10 heteroatoms. The van der Waals surface area contributed by atoms with Crippen LogP contribution in [-0.2, 0) is 27.7 Å². The quantitative estimate of drug-likeness (QED) is 0.294. The van der Waals surface area contributed by atoms with Gasteiger partial charge >= 0.3 is 0 Å². The predicted octanol–water partition coefficient (Wildman–Crippen LogP) is 5.17. The van der Waals surface area contributed by atoms with Gasteiger partial charge in [-0.25, -0.2) is 23.1 Å². The fraction of sp³-hybridized carbons (Fsp3) is 0.179. The third-order valence-corrected chi connectivity index (χ3v) is 8.14. The Bertz CT molecular complexity index is 1640. The lowest BCUT2D eigenvalue weighted by Crippen LogP contribution is -2.26. The molecule has 38 heavy (non-hydrogen) atoms. The number of rotatable bonds is 7. The number of carbonyl (C=O) groups is 1. The number of benzene rings is 3. The number of hydrogen-bond acceptors (Lipinski definition) is 6. The van der Waals surface area contributed by atoms with Crippen molar-refractivity contribution < 1.29 is 13.2 Å². The summed E-state index contributed by atoms with van der Waals surface area (Å²) in [5.41, 5.74) is 6.76. The highest BCUT2D eigenvalue weighted by molar-refractivity contribution is 7.89. The maximum atomic E-state index is 12.8. The Morgan fingerprint density at radius 2 is 1.79 bits per heavy atom. The molecule has 0 atom stereocenters. The highest BCUT2D eigenvalue weighted by Crippen LogP contribution is 2.35. The first-order valence-electron chi connectivity index (χ1n) is 12.1. The van der Waals surface area contributed by atoms with Crippen LogP contribution in [-0.4, -0.2) is 30.8 Å². The Hall–Kier alpha value is -3.79. The van der Waals surface area contributed by atoms with Crippen LogP contribution in [0.5, 0.6) is 0 Å². The number of nitrogens with one attached hydrogen (secondary N) is 3. The van der Waals surface area contributed by atoms with Gasteiger partial charge in [0.15, 0.2) is 0 Å². The van der Waals surface area contributed by atoms with Crippen molar-refractivity contribution >= 4 is 44.9 Å². The monoisotopic (exact) mass is 547 g/mol. The molecule has 0 unspecified atom stereocenters. The first kappa shape index (κ1) is 25.8. The van der Waals surface area contributed by atoms with E-state index in [4.69, 9.17) is 11.6 Å². The van der Waals surface area contributed by atoms with E-state index in [0.29, 0.717) is 46.6 Å². The zero-order valence-electron chi connectivity index (χ0n) is 20.9. The zero-order valence-corrected chi connectivity index (χ0v) is 22.4. The Morgan fingerprint density at radius 1 is 1.00 bits per heavy atom. The number of nitrogens with zero attached hydrogens (tertiary/aromatic N) is 2. The minimum Gasteiger partial charge on any atom is -0.325 e. The molecule has 0 radical (unpaired) electrons. The predicted molar refractivity (Wildman–Crippen MR) is 149 cm³/mol. The molecule has 1 aromatic heterocycles. The van der Waals surface area contributed by atoms with Gasteiger partial charge < -0.3 is 10.6 Å². The van der Waals surface area contributed by atoms with Gasteiger partial charge in [-0.15, -0.1) is 0 Å². The zero-order chi connectivity index (χ0) is 26.9. The molecule has 1 aliphatic rings. The van der Waals surface area contributed by atoms with Crippen LogP contribution in [0.1, 0.15) is 22.3 Å². The molecule has 0 saturated heterocycles. The Kier molecular flexibility index (Phi) is 7.16. The smallest absolute Gasteiger partial charge is 0.240 e. The molecule has 3 aromatic carbocycles. The Balaban J connectivity index is 1.28. The molecule has 0 bridgehead atoms. The van der Waals surface area contributed by atoms with Crippen LogP contribution >= 0.6 is 11.6 Å². The summed E-state index contributed by atoms with van der Waals surface area (Å²) in [6.07, 6.45) is 2.36. The second-order valence-electron chi connectivity index (χ2n) is 9.20. The summed E-state index contributed by atoms with van der Waals surface area (Å²) in [5, 5.41) is 6.47. The number of aromatic nitrogens is 2. The number of aryl methyl sites for hydroxylation is 2. The van der Waals surface area contributed by atoms with E-state index >= 15 is 0 Å². The second-order valence-corrected chi connectivity index (χ2v) is 11.4. The first-order chi connectivity index (χ1) is 18.2. The van der Waals surface area contributed by atoms with Crippen molar-refractivity contribution in [3.8, 4) is 11.3 Å². The normalized spacial score (nSPS) is 12.8. The van der Waals surface area contributed by atoms with Crippen LogP contribution in [0.15, 0.2) is 71.8 Å². The average molecular weight is 548 g/mol. The lowest BCUT2D eigenvalue weighted by molar-refractivity contribution is -0.115. The molecule has 3 N–H and O–H groups in total. The van der Waals surface area contributed by atoms with Crippen molar-refractivity contribution in [3.63, 3.8) is 0 Å². The molecule has 5 rings (SSSR count). The highest BCUT2D eigenvalue weighted by Gasteiger charge is 2.21. The minimum atomic E-state index is -3.66. The molecule has 1 amide bonds. The van der Waals surface area contributed by atoms with Gasteiger partial charge in [0.2, 0.25) is 21.9 Å². The number of hydrogen-bond donors (Lipinski definition) is 3. The van der Waals surface area contributed by atoms with Gasteiger partial charge in [0.1, 0.15) is 0 Å². The third kappa shape index (κ3) is 5.70. The largest absolute Gasteiger partial charge is 0.325 e. The molecule has 2 heterocycles. The number of halogens is 1. The van der Waals surface area contributed by atoms with Crippen molar-refractivity contribution in [1.29, 1.82) is 0 Å². The Morgan fingerprint density at radius 3 is 2.55 bits per heavy atom. The van der Waals surface area contributed by atoms with E-state index in [1.54, 1.807) is 30.5 Å². The SMILES string of the molecule is Cc1ccc(CCNS(=O)(=O)c2ccc(Nc3ncc4c(n3)-c3ccc(Cl)cc3NC(=O)C4)cc2)cc1C. The van der Waals surface area contributed by atoms with Gasteiger partial charge in [-0.05, 0) is 79.4 Å². The number of carbonyl (C=O) groups excluding carboxylic acids is 1. The van der Waals surface area contributed by atoms with Crippen molar-refractivity contribution in [2.24, 2.45) is 0 Å². The van der Waals surface area contributed by atoms with Crippen LogP contribution in [0, 0.1) is 13.8 Å². The Labute approximate surface area is 226 Å². The van der Waals surface area contributed by atoms with Crippen molar-refractivity contribution in [3.05, 3.63) is 94.1 Å². The molecule has 0 saturated carbocycles. The van der Waals surface area contributed by atoms with Crippen molar-refractivity contribution in [2.45, 2.75) is 31.6 Å². The fourth-order valence-corrected chi connectivity index (χ4v) is 5.45. The number of sulfonamides is 1. The van der Waals surface area contributed by atoms with Crippen LogP contribution < -0.4 is 15.4 Å². The van der Waals surface area contributed by atoms with Gasteiger partial charge in [-0.1, -0.05) is 29.8 Å². The fourth-order valence-electron chi connectivity index (χ4n) is 4.24. The summed E-state index contributed by atoms with van der Waals surface area (Å²) in [6.45, 7) is 4.40. The standard InChI is InChI=1S/C28H26ClN5O3S/c1-17-3-4-19(13-18(17)2)11-12-31-38(36,37)23-8-6-22(7-9-23)32-28-30-16-20-14-26(35)33-25-15-21(29)5-10-24(25)27(20)34-28/h3-10,13,15-16,31H,11-12,14H2,1-2H3,(H,33,35)(H,30,32,34). The maximum Gasteiger partial charge on any atom is 0.240 e. The number of amides is 1. The molecule has 0 fully saturated rings. The summed E-state index contributed by atoms with van der Waals surface area (Å²) in [7, 11) is -3.66. The molecule has 0 aliphatic carbocycles. The number of anilines is 3. The van der Waals surface area contributed by atoms with E-state index < -0.39 is 10.0 Å². The molecule has 4 aromatic rings. The molecular weight excluding hydrogens is 522 g/mol. The summed E-state index contributed by atoms with van der Waals surface area (Å²) in [6, 6.07) is 17.8. The van der Waals surface area contributed by atoms with E-state index in [0.717, 1.165) is 11.1 Å². The van der Waals surface area contributed by atoms with E-state index in [1.165, 1.54) is 23.3 Å². The van der Waals surface area contributed by atoms with Crippen LogP contribution in [0.4, 0.5) is 17.3 Å². The lowest BCUT2D eigenvalue weighted by atomic mass is 10.0. The van der Waals surface area contributed by atoms with Crippen molar-refractivity contribution in [2.75, 3.05) is 17.2 Å². The summed E-state index contributed by atoms with van der Waals surface area (Å²) in [5.74, 6) is 0.150. The number of fused-ring (bicyclic) bond motifs is 3. The minimum absolute atomic E-state index is 0.144. The average Bonchev–Trinajstić information content (AvgIpc) is 3.01. The first-order valence-corrected chi connectivity index (χ1v) is 13.9. The van der Waals surface area contributed by atoms with Gasteiger partial charge in [-0.3, -0.25) is 4.79 Å². The van der Waals surface area contributed by atoms with Gasteiger partial charge in [-0.2, -0.15) is 0 Å². The van der Waals surface area contributed by atoms with Gasteiger partial charge in [0.05, 0.1) is 22.7 Å². The molecule has 194 valence electrons. The lowest BCUT2D eigenvalue weighted by Gasteiger charge is -2.11. The van der Waals surface area contributed by atoms with Crippen LogP contribution in [0.2, 0.25) is 5.02 Å². The van der Waals surface area contributed by atoms with E-state index in [1.807, 2.05) is 32.0 Å². The molecular formula is C28H26ClN5O3S. The molecule has 1 aliphatic heterocycles. The maximum absolute atomic E-state index is 12.8. The third-order valence-electron chi connectivity index (χ3n) is 6.42. The van der Waals surface area contributed by atoms with Crippen molar-refractivity contribution in [1.82, 2.24) is 14.7 Å². The topological polar surface area (TPSA) is 113 Å².